The van der Waals surface area contributed by atoms with E-state index in [9.17, 15) is 5.26 Å². The van der Waals surface area contributed by atoms with Gasteiger partial charge in [-0.15, -0.1) is 0 Å². The van der Waals surface area contributed by atoms with Crippen LogP contribution >= 0.6 is 0 Å². The molecule has 0 amide bonds. The second-order valence-corrected chi connectivity index (χ2v) is 21.1. The molecule has 0 aliphatic carbocycles. The summed E-state index contributed by atoms with van der Waals surface area (Å²) in [5.41, 5.74) is 21.6. The van der Waals surface area contributed by atoms with Crippen LogP contribution in [0.3, 0.4) is 0 Å². The standard InChI is InChI=1S/C70H54F3N3/c1-40-21-41(2)26-53(25-40)49-13-17-63-58(35-49)59-36-50(54-27-42(3)22-43(4)28-54)14-18-64(59)75(63)67-33-48(39-74)34-68(69(67)57-11-9-10-12-62(57)70(71,72)73)76-65-19-15-51(55-29-44(5)23-45(6)30-55)37-60(65)61-38-52(16-20-66(61)76)56-31-46(7)24-47(8)32-56/h9-38H,1-8H3. The minimum atomic E-state index is -4.72. The molecule has 76 heavy (non-hydrogen) atoms. The Morgan fingerprint density at radius 3 is 0.908 bits per heavy atom. The summed E-state index contributed by atoms with van der Waals surface area (Å²) in [6, 6.07) is 63.6. The first-order chi connectivity index (χ1) is 36.5. The highest BCUT2D eigenvalue weighted by Gasteiger charge is 2.36. The van der Waals surface area contributed by atoms with E-state index in [4.69, 9.17) is 0 Å². The molecule has 2 heterocycles. The van der Waals surface area contributed by atoms with Crippen molar-refractivity contribution in [3.05, 3.63) is 238 Å². The van der Waals surface area contributed by atoms with E-state index in [1.807, 2.05) is 0 Å². The molecule has 0 saturated carbocycles. The molecule has 0 aliphatic heterocycles. The van der Waals surface area contributed by atoms with Crippen molar-refractivity contribution in [2.45, 2.75) is 61.6 Å². The summed E-state index contributed by atoms with van der Waals surface area (Å²) >= 11 is 0. The average Bonchev–Trinajstić information content (AvgIpc) is 3.97. The summed E-state index contributed by atoms with van der Waals surface area (Å²) in [5, 5.41) is 14.9. The lowest BCUT2D eigenvalue weighted by molar-refractivity contribution is -0.137. The van der Waals surface area contributed by atoms with Gasteiger partial charge in [0.05, 0.1) is 50.6 Å². The quantitative estimate of drug-likeness (QED) is 0.157. The molecular weight excluding hydrogens is 940 g/mol. The number of nitrogens with zero attached hydrogens (tertiary/aromatic N) is 3. The van der Waals surface area contributed by atoms with Crippen molar-refractivity contribution in [1.29, 1.82) is 5.26 Å². The Balaban J connectivity index is 1.22. The van der Waals surface area contributed by atoms with Crippen LogP contribution in [0.15, 0.2) is 182 Å². The number of nitriles is 1. The van der Waals surface area contributed by atoms with Crippen molar-refractivity contribution < 1.29 is 13.2 Å². The topological polar surface area (TPSA) is 33.6 Å². The Morgan fingerprint density at radius 2 is 0.632 bits per heavy atom. The van der Waals surface area contributed by atoms with Gasteiger partial charge in [0.2, 0.25) is 0 Å². The normalized spacial score (nSPS) is 11.9. The van der Waals surface area contributed by atoms with Crippen molar-refractivity contribution in [3.8, 4) is 73.1 Å². The van der Waals surface area contributed by atoms with Gasteiger partial charge in [-0.3, -0.25) is 0 Å². The summed E-state index contributed by atoms with van der Waals surface area (Å²) in [4.78, 5) is 0. The third-order valence-corrected chi connectivity index (χ3v) is 15.0. The van der Waals surface area contributed by atoms with Gasteiger partial charge in [0, 0.05) is 27.1 Å². The second-order valence-electron chi connectivity index (χ2n) is 21.1. The minimum Gasteiger partial charge on any atom is -0.308 e. The van der Waals surface area contributed by atoms with Crippen LogP contribution < -0.4 is 0 Å². The fourth-order valence-corrected chi connectivity index (χ4v) is 12.1. The highest BCUT2D eigenvalue weighted by Crippen LogP contribution is 2.48. The number of aryl methyl sites for hydroxylation is 8. The van der Waals surface area contributed by atoms with Gasteiger partial charge < -0.3 is 9.13 Å². The van der Waals surface area contributed by atoms with Crippen molar-refractivity contribution in [3.63, 3.8) is 0 Å². The van der Waals surface area contributed by atoms with E-state index in [1.165, 1.54) is 6.07 Å². The molecule has 0 fully saturated rings. The van der Waals surface area contributed by atoms with Gasteiger partial charge in [-0.25, -0.2) is 0 Å². The largest absolute Gasteiger partial charge is 0.417 e. The van der Waals surface area contributed by atoms with E-state index in [-0.39, 0.29) is 5.56 Å². The van der Waals surface area contributed by atoms with Crippen LogP contribution in [0.2, 0.25) is 0 Å². The number of hydrogen-bond acceptors (Lipinski definition) is 1. The number of rotatable bonds is 7. The van der Waals surface area contributed by atoms with Crippen LogP contribution in [0.25, 0.3) is 111 Å². The Labute approximate surface area is 441 Å². The number of hydrogen-bond donors (Lipinski definition) is 0. The predicted octanol–water partition coefficient (Wildman–Crippen LogP) is 19.6. The first-order valence-corrected chi connectivity index (χ1v) is 25.7. The van der Waals surface area contributed by atoms with E-state index >= 15 is 13.2 Å². The Morgan fingerprint density at radius 1 is 0.342 bits per heavy atom. The third kappa shape index (κ3) is 8.43. The number of halogens is 3. The van der Waals surface area contributed by atoms with Gasteiger partial charge in [-0.2, -0.15) is 18.4 Å². The van der Waals surface area contributed by atoms with E-state index < -0.39 is 11.7 Å². The summed E-state index contributed by atoms with van der Waals surface area (Å²) < 4.78 is 51.6. The molecule has 12 rings (SSSR count). The first kappa shape index (κ1) is 48.0. The van der Waals surface area contributed by atoms with Gasteiger partial charge in [0.1, 0.15) is 0 Å². The van der Waals surface area contributed by atoms with Crippen molar-refractivity contribution in [2.24, 2.45) is 0 Å². The predicted molar refractivity (Wildman–Crippen MR) is 310 cm³/mol. The molecule has 0 N–H and O–H groups in total. The maximum absolute atomic E-state index is 15.8. The lowest BCUT2D eigenvalue weighted by Crippen LogP contribution is -2.10. The number of fused-ring (bicyclic) bond motifs is 6. The van der Waals surface area contributed by atoms with Crippen LogP contribution in [-0.4, -0.2) is 9.13 Å². The summed E-state index contributed by atoms with van der Waals surface area (Å²) in [6.45, 7) is 16.8. The van der Waals surface area contributed by atoms with E-state index in [0.29, 0.717) is 22.5 Å². The summed E-state index contributed by atoms with van der Waals surface area (Å²) in [7, 11) is 0. The molecular formula is C70H54F3N3. The molecule has 0 atom stereocenters. The molecule has 0 radical (unpaired) electrons. The fourth-order valence-electron chi connectivity index (χ4n) is 12.1. The average molecular weight is 994 g/mol. The van der Waals surface area contributed by atoms with Gasteiger partial charge in [0.15, 0.2) is 0 Å². The van der Waals surface area contributed by atoms with Crippen LogP contribution in [0.5, 0.6) is 0 Å². The smallest absolute Gasteiger partial charge is 0.308 e. The molecule has 0 aliphatic rings. The van der Waals surface area contributed by atoms with Gasteiger partial charge in [0.25, 0.3) is 0 Å². The molecule has 0 saturated heterocycles. The molecule has 2 aromatic heterocycles. The highest BCUT2D eigenvalue weighted by molar-refractivity contribution is 6.14. The van der Waals surface area contributed by atoms with Crippen LogP contribution in [-0.2, 0) is 6.18 Å². The van der Waals surface area contributed by atoms with Crippen LogP contribution in [0.4, 0.5) is 13.2 Å². The lowest BCUT2D eigenvalue weighted by Gasteiger charge is -2.23. The van der Waals surface area contributed by atoms with E-state index in [2.05, 4.69) is 216 Å². The molecule has 0 unspecified atom stereocenters. The Kier molecular flexibility index (Phi) is 11.5. The summed E-state index contributed by atoms with van der Waals surface area (Å²) in [5.74, 6) is 0. The van der Waals surface area contributed by atoms with E-state index in [1.54, 1.807) is 24.3 Å². The van der Waals surface area contributed by atoms with Gasteiger partial charge in [-0.05, 0) is 172 Å². The third-order valence-electron chi connectivity index (χ3n) is 15.0. The highest BCUT2D eigenvalue weighted by atomic mass is 19.4. The molecule has 0 spiro atoms. The second kappa shape index (κ2) is 18.2. The first-order valence-electron chi connectivity index (χ1n) is 25.7. The zero-order valence-electron chi connectivity index (χ0n) is 43.8. The zero-order chi connectivity index (χ0) is 52.9. The van der Waals surface area contributed by atoms with Crippen molar-refractivity contribution in [2.75, 3.05) is 0 Å². The van der Waals surface area contributed by atoms with E-state index in [0.717, 1.165) is 139 Å². The lowest BCUT2D eigenvalue weighted by atomic mass is 9.94. The monoisotopic (exact) mass is 993 g/mol. The van der Waals surface area contributed by atoms with Crippen LogP contribution in [0, 0.1) is 66.7 Å². The summed E-state index contributed by atoms with van der Waals surface area (Å²) in [6.07, 6.45) is -4.72. The molecule has 370 valence electrons. The molecule has 3 nitrogen and oxygen atoms in total. The van der Waals surface area contributed by atoms with Gasteiger partial charge in [-0.1, -0.05) is 160 Å². The van der Waals surface area contributed by atoms with Crippen LogP contribution in [0.1, 0.15) is 55.6 Å². The number of alkyl halides is 3. The molecule has 6 heteroatoms. The van der Waals surface area contributed by atoms with Gasteiger partial charge >= 0.3 is 6.18 Å². The number of aromatic nitrogens is 2. The fraction of sp³-hybridized carbons (Fsp3) is 0.129. The van der Waals surface area contributed by atoms with Crippen molar-refractivity contribution in [1.82, 2.24) is 9.13 Å². The SMILES string of the molecule is Cc1cc(C)cc(-c2ccc3c(c2)c2cc(-c4cc(C)cc(C)c4)ccc2n3-c2cc(C#N)cc(-n3c4ccc(-c5cc(C)cc(C)c5)cc4c4cc(-c5cc(C)cc(C)c5)ccc43)c2-c2ccccc2C(F)(F)F)c1. The molecule has 10 aromatic carbocycles. The number of benzene rings is 10. The van der Waals surface area contributed by atoms with Crippen molar-refractivity contribution >= 4 is 43.6 Å². The maximum Gasteiger partial charge on any atom is 0.417 e. The molecule has 12 aromatic rings. The zero-order valence-corrected chi connectivity index (χ0v) is 43.8. The Hall–Kier alpha value is -8.92. The Bertz CT molecular complexity index is 3890. The maximum atomic E-state index is 15.8. The minimum absolute atomic E-state index is 0.00640. The molecule has 0 bridgehead atoms.